The Balaban J connectivity index is 2.56. The molecule has 0 unspecified atom stereocenters. The molecule has 0 radical (unpaired) electrons. The molecule has 0 saturated heterocycles. The number of hydrogen-bond acceptors (Lipinski definition) is 3. The molecule has 1 N–H and O–H groups in total. The summed E-state index contributed by atoms with van der Waals surface area (Å²) in [7, 11) is 0. The van der Waals surface area contributed by atoms with Gasteiger partial charge in [-0.25, -0.2) is 9.78 Å². The Kier molecular flexibility index (Phi) is 5.41. The number of hydrogen-bond donors (Lipinski definition) is 1. The van der Waals surface area contributed by atoms with Crippen LogP contribution in [0.25, 0.3) is 0 Å². The van der Waals surface area contributed by atoms with Crippen LogP contribution < -0.4 is 5.32 Å². The van der Waals surface area contributed by atoms with Crippen molar-refractivity contribution in [1.82, 2.24) is 4.98 Å². The second-order valence-electron chi connectivity index (χ2n) is 2.82. The molecule has 9 heteroatoms. The smallest absolute Gasteiger partial charge is 0.411 e. The first-order valence-electron chi connectivity index (χ1n) is 4.10. The van der Waals surface area contributed by atoms with Crippen molar-refractivity contribution < 1.29 is 9.53 Å². The third kappa shape index (κ3) is 6.38. The van der Waals surface area contributed by atoms with Gasteiger partial charge in [0.2, 0.25) is 3.79 Å². The van der Waals surface area contributed by atoms with Gasteiger partial charge in [-0.05, 0) is 12.1 Å². The number of pyridine rings is 1. The first-order chi connectivity index (χ1) is 7.76. The van der Waals surface area contributed by atoms with Gasteiger partial charge in [0.05, 0.1) is 5.69 Å². The largest absolute Gasteiger partial charge is 0.445 e. The van der Waals surface area contributed by atoms with E-state index in [2.05, 4.69) is 15.0 Å². The van der Waals surface area contributed by atoms with E-state index in [1.165, 1.54) is 12.1 Å². The Morgan fingerprint density at radius 2 is 1.82 bits per heavy atom. The normalized spacial score (nSPS) is 11.1. The summed E-state index contributed by atoms with van der Waals surface area (Å²) < 4.78 is 2.98. The second-order valence-corrected chi connectivity index (χ2v) is 6.11. The van der Waals surface area contributed by atoms with E-state index >= 15 is 0 Å². The summed E-state index contributed by atoms with van der Waals surface area (Å²) in [5.41, 5.74) is 0.323. The molecule has 0 spiro atoms. The highest BCUT2D eigenvalue weighted by Gasteiger charge is 2.22. The van der Waals surface area contributed by atoms with Crippen molar-refractivity contribution in [3.8, 4) is 0 Å². The van der Waals surface area contributed by atoms with E-state index in [9.17, 15) is 4.79 Å². The van der Waals surface area contributed by atoms with Crippen molar-refractivity contribution in [1.29, 1.82) is 0 Å². The van der Waals surface area contributed by atoms with Crippen LogP contribution in [0.1, 0.15) is 0 Å². The minimum Gasteiger partial charge on any atom is -0.445 e. The fourth-order valence-electron chi connectivity index (χ4n) is 0.838. The number of halogens is 5. The van der Waals surface area contributed by atoms with Gasteiger partial charge in [-0.2, -0.15) is 0 Å². The van der Waals surface area contributed by atoms with Crippen molar-refractivity contribution in [2.45, 2.75) is 3.79 Å². The summed E-state index contributed by atoms with van der Waals surface area (Å²) in [4.78, 5) is 15.0. The number of carbonyl (C=O) groups excluding carboxylic acids is 1. The molecule has 1 aromatic rings. The number of nitrogens with zero attached hydrogens (tertiary/aromatic N) is 1. The molecule has 0 aliphatic rings. The molecule has 0 fully saturated rings. The van der Waals surface area contributed by atoms with Gasteiger partial charge in [0, 0.05) is 0 Å². The zero-order chi connectivity index (χ0) is 13.1. The fourth-order valence-corrected chi connectivity index (χ4v) is 1.46. The highest BCUT2D eigenvalue weighted by molar-refractivity contribution is 6.67. The van der Waals surface area contributed by atoms with Crippen molar-refractivity contribution in [2.24, 2.45) is 0 Å². The van der Waals surface area contributed by atoms with E-state index in [0.29, 0.717) is 5.69 Å². The predicted octanol–water partition coefficient (Wildman–Crippen LogP) is 4.31. The minimum atomic E-state index is -1.66. The zero-order valence-electron chi connectivity index (χ0n) is 8.02. The third-order valence-corrected chi connectivity index (χ3v) is 2.09. The topological polar surface area (TPSA) is 51.2 Å². The van der Waals surface area contributed by atoms with Crippen LogP contribution in [0.4, 0.5) is 10.5 Å². The number of rotatable bonds is 2. The summed E-state index contributed by atoms with van der Waals surface area (Å²) >= 11 is 27.5. The molecule has 1 rings (SSSR count). The quantitative estimate of drug-likeness (QED) is 0.646. The molecule has 0 aromatic carbocycles. The number of anilines is 1. The molecule has 0 aliphatic heterocycles. The third-order valence-electron chi connectivity index (χ3n) is 1.38. The summed E-state index contributed by atoms with van der Waals surface area (Å²) in [6.45, 7) is -0.379. The van der Waals surface area contributed by atoms with Crippen LogP contribution >= 0.6 is 58.0 Å². The lowest BCUT2D eigenvalue weighted by atomic mass is 10.4. The van der Waals surface area contributed by atoms with E-state index in [-0.39, 0.29) is 16.9 Å². The Hall–Kier alpha value is -0.130. The number of carbonyl (C=O) groups is 1. The Morgan fingerprint density at radius 1 is 1.29 bits per heavy atom. The summed E-state index contributed by atoms with van der Waals surface area (Å²) in [5, 5.41) is 2.62. The van der Waals surface area contributed by atoms with Crippen LogP contribution in [0.2, 0.25) is 10.3 Å². The van der Waals surface area contributed by atoms with E-state index < -0.39 is 9.89 Å². The molecule has 1 amide bonds. The van der Waals surface area contributed by atoms with Crippen LogP contribution in [0.3, 0.4) is 0 Å². The minimum absolute atomic E-state index is 0.133. The standard InChI is InChI=1S/C8H5Cl5N2O2/c9-5-1-4(2-6(10)15-5)14-7(16)17-3-8(11,12)13/h1-2H,3H2,(H,14,15,16). The SMILES string of the molecule is O=C(Nc1cc(Cl)nc(Cl)c1)OCC(Cl)(Cl)Cl. The van der Waals surface area contributed by atoms with Gasteiger partial charge in [-0.1, -0.05) is 58.0 Å². The highest BCUT2D eigenvalue weighted by Crippen LogP contribution is 2.26. The van der Waals surface area contributed by atoms with Crippen molar-refractivity contribution in [2.75, 3.05) is 11.9 Å². The van der Waals surface area contributed by atoms with Crippen LogP contribution in [0, 0.1) is 0 Å². The predicted molar refractivity (Wildman–Crippen MR) is 69.5 cm³/mol. The van der Waals surface area contributed by atoms with E-state index in [1.807, 2.05) is 0 Å². The molecule has 17 heavy (non-hydrogen) atoms. The molecule has 0 bridgehead atoms. The number of nitrogens with one attached hydrogen (secondary N) is 1. The second kappa shape index (κ2) is 6.16. The Bertz CT molecular complexity index is 401. The Labute approximate surface area is 122 Å². The molecule has 0 saturated carbocycles. The van der Waals surface area contributed by atoms with Crippen LogP contribution in [-0.2, 0) is 4.74 Å². The summed E-state index contributed by atoms with van der Waals surface area (Å²) in [6, 6.07) is 2.79. The lowest BCUT2D eigenvalue weighted by Crippen LogP contribution is -2.21. The molecular formula is C8H5Cl5N2O2. The molecule has 4 nitrogen and oxygen atoms in total. The fraction of sp³-hybridized carbons (Fsp3) is 0.250. The average Bonchev–Trinajstić information content (AvgIpc) is 2.11. The first kappa shape index (κ1) is 14.9. The number of aromatic nitrogens is 1. The number of ether oxygens (including phenoxy) is 1. The molecule has 0 atom stereocenters. The van der Waals surface area contributed by atoms with Gasteiger partial charge in [0.1, 0.15) is 16.9 Å². The van der Waals surface area contributed by atoms with Gasteiger partial charge in [-0.3, -0.25) is 5.32 Å². The maximum absolute atomic E-state index is 11.3. The van der Waals surface area contributed by atoms with Crippen LogP contribution in [0.5, 0.6) is 0 Å². The highest BCUT2D eigenvalue weighted by atomic mass is 35.6. The zero-order valence-corrected chi connectivity index (χ0v) is 11.8. The van der Waals surface area contributed by atoms with E-state index in [0.717, 1.165) is 0 Å². The molecule has 0 aliphatic carbocycles. The van der Waals surface area contributed by atoms with Gasteiger partial charge < -0.3 is 4.74 Å². The Morgan fingerprint density at radius 3 is 2.29 bits per heavy atom. The van der Waals surface area contributed by atoms with Crippen molar-refractivity contribution in [3.63, 3.8) is 0 Å². The van der Waals surface area contributed by atoms with Gasteiger partial charge >= 0.3 is 6.09 Å². The lowest BCUT2D eigenvalue weighted by molar-refractivity contribution is 0.164. The van der Waals surface area contributed by atoms with Gasteiger partial charge in [-0.15, -0.1) is 0 Å². The first-order valence-corrected chi connectivity index (χ1v) is 5.99. The van der Waals surface area contributed by atoms with Gasteiger partial charge in [0.25, 0.3) is 0 Å². The van der Waals surface area contributed by atoms with E-state index in [1.54, 1.807) is 0 Å². The average molecular weight is 338 g/mol. The van der Waals surface area contributed by atoms with Crippen molar-refractivity contribution in [3.05, 3.63) is 22.4 Å². The van der Waals surface area contributed by atoms with Crippen molar-refractivity contribution >= 4 is 69.8 Å². The number of amides is 1. The molecule has 94 valence electrons. The molecule has 1 aromatic heterocycles. The summed E-state index contributed by atoms with van der Waals surface area (Å²) in [5.74, 6) is 0. The lowest BCUT2D eigenvalue weighted by Gasteiger charge is -2.12. The number of alkyl halides is 3. The van der Waals surface area contributed by atoms with Crippen LogP contribution in [-0.4, -0.2) is 21.5 Å². The molecular weight excluding hydrogens is 333 g/mol. The monoisotopic (exact) mass is 336 g/mol. The summed E-state index contributed by atoms with van der Waals surface area (Å²) in [6.07, 6.45) is -0.797. The molecule has 1 heterocycles. The van der Waals surface area contributed by atoms with E-state index in [4.69, 9.17) is 58.0 Å². The van der Waals surface area contributed by atoms with Crippen LogP contribution in [0.15, 0.2) is 12.1 Å². The van der Waals surface area contributed by atoms with Gasteiger partial charge in [0.15, 0.2) is 0 Å². The maximum atomic E-state index is 11.3. The maximum Gasteiger partial charge on any atom is 0.411 e.